The number of hydrogen-bond acceptors (Lipinski definition) is 8. The van der Waals surface area contributed by atoms with Gasteiger partial charge in [-0.25, -0.2) is 0 Å². The van der Waals surface area contributed by atoms with Crippen LogP contribution in [-0.4, -0.2) is 22.2 Å². The molecule has 9 aromatic rings. The zero-order valence-corrected chi connectivity index (χ0v) is 50.5. The summed E-state index contributed by atoms with van der Waals surface area (Å²) in [6.45, 7) is 29.5. The van der Waals surface area contributed by atoms with Crippen LogP contribution in [0.5, 0.6) is 57.5 Å². The van der Waals surface area contributed by atoms with E-state index in [4.69, 9.17) is 28.4 Å². The van der Waals surface area contributed by atoms with E-state index < -0.39 is 13.1 Å². The van der Waals surface area contributed by atoms with Crippen molar-refractivity contribution in [2.45, 2.75) is 107 Å². The number of hydrogen-bond donors (Lipinski definition) is 2. The van der Waals surface area contributed by atoms with Gasteiger partial charge in [-0.2, -0.15) is 0 Å². The van der Waals surface area contributed by atoms with Crippen molar-refractivity contribution in [3.63, 3.8) is 0 Å². The van der Waals surface area contributed by atoms with Gasteiger partial charge in [-0.05, 0) is 155 Å². The number of aromatic hydroxyl groups is 1. The number of benzene rings is 9. The van der Waals surface area contributed by atoms with Crippen molar-refractivity contribution in [1.29, 1.82) is 0 Å². The van der Waals surface area contributed by atoms with Gasteiger partial charge >= 0.3 is 224 Å². The molecule has 9 rings (SSSR count). The Labute approximate surface area is 486 Å². The molecule has 2 N–H and O–H groups in total. The first-order valence-corrected chi connectivity index (χ1v) is 30.0. The molecule has 422 valence electrons. The minimum atomic E-state index is -3.53. The van der Waals surface area contributed by atoms with Gasteiger partial charge in [0.1, 0.15) is 40.1 Å². The Morgan fingerprint density at radius 1 is 0.451 bits per heavy atom. The third kappa shape index (κ3) is 13.1. The first kappa shape index (κ1) is 58.4. The summed E-state index contributed by atoms with van der Waals surface area (Å²) < 4.78 is 38.8. The summed E-state index contributed by atoms with van der Waals surface area (Å²) in [6, 6.07) is 58.2. The molecule has 82 heavy (non-hydrogen) atoms. The molecule has 0 aromatic heterocycles. The first-order valence-electron chi connectivity index (χ1n) is 28.0. The first-order chi connectivity index (χ1) is 39.1. The van der Waals surface area contributed by atoms with Crippen LogP contribution in [-0.2, 0) is 18.4 Å². The van der Waals surface area contributed by atoms with Crippen LogP contribution in [0.15, 0.2) is 189 Å². The summed E-state index contributed by atoms with van der Waals surface area (Å²) in [5.74, 6) is 6.96. The number of phenolic OH excluding ortho intramolecular Hbond substituents is 1. The average Bonchev–Trinajstić information content (AvgIpc) is 3.65. The third-order valence-electron chi connectivity index (χ3n) is 15.3. The van der Waals surface area contributed by atoms with Crippen LogP contribution in [0.25, 0.3) is 0 Å². The molecule has 0 aliphatic rings. The molecule has 9 heteroatoms. The van der Waals surface area contributed by atoms with E-state index in [9.17, 15) is 10.00 Å². The summed E-state index contributed by atoms with van der Waals surface area (Å²) in [5.41, 5.74) is 11.5. The van der Waals surface area contributed by atoms with Gasteiger partial charge in [-0.3, -0.25) is 0 Å². The monoisotopic (exact) mass is 1110 g/mol. The quantitative estimate of drug-likeness (QED) is 0.0543. The summed E-state index contributed by atoms with van der Waals surface area (Å²) in [5, 5.41) is 12.7. The van der Waals surface area contributed by atoms with Crippen LogP contribution in [0.4, 0.5) is 0 Å². The van der Waals surface area contributed by atoms with Gasteiger partial charge in [0.25, 0.3) is 0 Å². The molecule has 0 spiro atoms. The zero-order chi connectivity index (χ0) is 58.5. The molecule has 0 atom stereocenters. The molecule has 0 aliphatic carbocycles. The molecular formula is C73H77O8P. The zero-order valence-electron chi connectivity index (χ0n) is 49.5. The van der Waals surface area contributed by atoms with Crippen molar-refractivity contribution in [3.05, 3.63) is 255 Å². The number of phenols is 1. The van der Waals surface area contributed by atoms with E-state index in [1.807, 2.05) is 141 Å². The summed E-state index contributed by atoms with van der Waals surface area (Å²) in [7, 11) is -3.53. The second-order valence-electron chi connectivity index (χ2n) is 22.9. The van der Waals surface area contributed by atoms with Gasteiger partial charge in [-0.1, -0.05) is 38.1 Å². The third-order valence-corrected chi connectivity index (χ3v) is 18.8. The second kappa shape index (κ2) is 24.4. The Kier molecular flexibility index (Phi) is 17.4. The van der Waals surface area contributed by atoms with E-state index >= 15 is 0 Å². The molecule has 9 aromatic carbocycles. The Bertz CT molecular complexity index is 3600. The van der Waals surface area contributed by atoms with Crippen molar-refractivity contribution in [3.8, 4) is 57.5 Å². The summed E-state index contributed by atoms with van der Waals surface area (Å²) >= 11 is 0. The summed E-state index contributed by atoms with van der Waals surface area (Å²) in [6.07, 6.45) is 2.38. The molecule has 8 nitrogen and oxygen atoms in total. The van der Waals surface area contributed by atoms with Gasteiger partial charge in [-0.15, -0.1) is 0 Å². The summed E-state index contributed by atoms with van der Waals surface area (Å²) in [4.78, 5) is 12.9. The maximum absolute atomic E-state index is 12.9. The van der Waals surface area contributed by atoms with Crippen LogP contribution in [0.2, 0.25) is 0 Å². The number of aryl methyl sites for hydroxylation is 8. The Balaban J connectivity index is 0.817. The molecule has 0 bridgehead atoms. The SMILES string of the molecule is C=CCOc1ccc(OCc2ccc(Oc3ccc(CC(C)(C)Oc4c(C)cc(Oc5c(C)cc(C(C)(C)c6cc(C)c(Oc7cc(C)c(O)c(C)c7)c(C)c6)cc5C)cc4C)cc3)cc2)c([PH](O)(c2ccccc2)c2ccccc2)c1. The van der Waals surface area contributed by atoms with Gasteiger partial charge in [0, 0.05) is 11.8 Å². The topological polar surface area (TPSA) is 95.8 Å². The van der Waals surface area contributed by atoms with Crippen molar-refractivity contribution in [1.82, 2.24) is 0 Å². The van der Waals surface area contributed by atoms with Crippen molar-refractivity contribution < 1.29 is 38.4 Å². The predicted molar refractivity (Wildman–Crippen MR) is 338 cm³/mol. The van der Waals surface area contributed by atoms with Crippen molar-refractivity contribution in [2.75, 3.05) is 6.61 Å². The molecule has 0 fully saturated rings. The van der Waals surface area contributed by atoms with E-state index in [0.717, 1.165) is 95.0 Å². The number of rotatable bonds is 21. The predicted octanol–water partition coefficient (Wildman–Crippen LogP) is 17.0. The molecular weight excluding hydrogens is 1040 g/mol. The standard InChI is InChI=1S/C73H77O8P/c1-14-35-76-61-33-34-66(67(44-61)82(75,64-21-17-15-18-22-64)65-23-19-16-20-24-65)77-46-56-27-31-60(32-28-56)78-59-29-25-55(26-30-59)45-72(10,11)81-71-53(8)42-63(43-54(71)9)80-70-51(6)38-58(39-52(70)7)73(12,13)57-36-49(4)69(50(5)37-57)79-62-40-47(2)68(74)48(3)41-62/h14-34,36-44,74-75,82H,1,35,45-46H2,2-13H3. The fourth-order valence-electron chi connectivity index (χ4n) is 10.9. The van der Waals surface area contributed by atoms with E-state index in [2.05, 4.69) is 124 Å². The van der Waals surface area contributed by atoms with E-state index in [1.165, 1.54) is 11.1 Å². The van der Waals surface area contributed by atoms with Crippen LogP contribution >= 0.6 is 7.49 Å². The minimum absolute atomic E-state index is 0.282. The van der Waals surface area contributed by atoms with Crippen LogP contribution < -0.4 is 44.3 Å². The van der Waals surface area contributed by atoms with Crippen molar-refractivity contribution >= 4 is 23.4 Å². The van der Waals surface area contributed by atoms with Crippen molar-refractivity contribution in [2.24, 2.45) is 0 Å². The number of ether oxygens (including phenoxy) is 6. The molecule has 0 unspecified atom stereocenters. The molecule has 0 heterocycles. The fraction of sp³-hybridized carbons (Fsp3) is 0.233. The maximum atomic E-state index is 12.9. The van der Waals surface area contributed by atoms with E-state index in [1.54, 1.807) is 6.08 Å². The van der Waals surface area contributed by atoms with E-state index in [0.29, 0.717) is 47.1 Å². The van der Waals surface area contributed by atoms with E-state index in [-0.39, 0.29) is 12.0 Å². The molecule has 0 radical (unpaired) electrons. The van der Waals surface area contributed by atoms with Crippen LogP contribution in [0.3, 0.4) is 0 Å². The molecule has 0 saturated carbocycles. The normalized spacial score (nSPS) is 11.9. The molecule has 0 amide bonds. The van der Waals surface area contributed by atoms with Crippen LogP contribution in [0.1, 0.15) is 94.5 Å². The van der Waals surface area contributed by atoms with Gasteiger partial charge < -0.3 is 19.3 Å². The Morgan fingerprint density at radius 3 is 1.34 bits per heavy atom. The van der Waals surface area contributed by atoms with Crippen LogP contribution in [0, 0.1) is 55.4 Å². The average molecular weight is 1110 g/mol. The van der Waals surface area contributed by atoms with Gasteiger partial charge in [0.2, 0.25) is 0 Å². The van der Waals surface area contributed by atoms with Gasteiger partial charge in [0.15, 0.2) is 0 Å². The second-order valence-corrected chi connectivity index (χ2v) is 26.0. The fourth-order valence-corrected chi connectivity index (χ4v) is 14.0. The Hall–Kier alpha value is -8.29. The molecule has 0 saturated heterocycles. The van der Waals surface area contributed by atoms with Gasteiger partial charge in [0.05, 0.1) is 0 Å². The molecule has 0 aliphatic heterocycles. The Morgan fingerprint density at radius 2 is 0.878 bits per heavy atom.